The first kappa shape index (κ1) is 28.2. The zero-order chi connectivity index (χ0) is 25.0. The number of hydrogen-bond acceptors (Lipinski definition) is 0. The van der Waals surface area contributed by atoms with Crippen LogP contribution in [-0.2, 0) is 6.42 Å². The van der Waals surface area contributed by atoms with Gasteiger partial charge in [-0.2, -0.15) is 0 Å². The van der Waals surface area contributed by atoms with Gasteiger partial charge < -0.3 is 0 Å². The molecule has 0 aliphatic heterocycles. The highest BCUT2D eigenvalue weighted by molar-refractivity contribution is 5.26. The SMILES string of the molecule is CCCC[C@H]1CC[C@H](CC[C@H]2CC[C@H]([C@H]3CC[C@H](c4ccc(CCCCCF)cc4)CC3)CC2)CC1. The predicted molar refractivity (Wildman–Crippen MR) is 154 cm³/mol. The zero-order valence-electron chi connectivity index (χ0n) is 23.7. The normalized spacial score (nSPS) is 31.4. The maximum absolute atomic E-state index is 12.3. The van der Waals surface area contributed by atoms with Crippen molar-refractivity contribution in [2.75, 3.05) is 6.67 Å². The second-order valence-electron chi connectivity index (χ2n) is 13.2. The fraction of sp³-hybridized carbons (Fsp3) is 0.829. The van der Waals surface area contributed by atoms with Gasteiger partial charge in [-0.1, -0.05) is 108 Å². The molecular weight excluding hydrogens is 439 g/mol. The number of halogens is 1. The average Bonchev–Trinajstić information content (AvgIpc) is 2.94. The molecule has 1 aromatic carbocycles. The second kappa shape index (κ2) is 15.5. The molecule has 1 aromatic rings. The van der Waals surface area contributed by atoms with Crippen molar-refractivity contribution in [1.82, 2.24) is 0 Å². The van der Waals surface area contributed by atoms with Crippen LogP contribution in [0.25, 0.3) is 0 Å². The van der Waals surface area contributed by atoms with Crippen LogP contribution < -0.4 is 0 Å². The van der Waals surface area contributed by atoms with Crippen molar-refractivity contribution in [3.05, 3.63) is 35.4 Å². The number of rotatable bonds is 13. The van der Waals surface area contributed by atoms with Crippen LogP contribution in [0, 0.1) is 29.6 Å². The van der Waals surface area contributed by atoms with Gasteiger partial charge in [-0.3, -0.25) is 4.39 Å². The maximum Gasteiger partial charge on any atom is 0.0894 e. The van der Waals surface area contributed by atoms with E-state index in [9.17, 15) is 4.39 Å². The van der Waals surface area contributed by atoms with E-state index in [2.05, 4.69) is 31.2 Å². The van der Waals surface area contributed by atoms with Crippen molar-refractivity contribution in [2.24, 2.45) is 29.6 Å². The largest absolute Gasteiger partial charge is 0.251 e. The molecule has 0 N–H and O–H groups in total. The predicted octanol–water partition coefficient (Wildman–Crippen LogP) is 11.2. The van der Waals surface area contributed by atoms with Gasteiger partial charge in [0.05, 0.1) is 6.67 Å². The lowest BCUT2D eigenvalue weighted by Gasteiger charge is -2.38. The summed E-state index contributed by atoms with van der Waals surface area (Å²) in [7, 11) is 0. The number of benzene rings is 1. The van der Waals surface area contributed by atoms with Crippen LogP contribution in [0.3, 0.4) is 0 Å². The number of aryl methyl sites for hydroxylation is 1. The summed E-state index contributed by atoms with van der Waals surface area (Å²) >= 11 is 0. The summed E-state index contributed by atoms with van der Waals surface area (Å²) in [5.41, 5.74) is 3.01. The maximum atomic E-state index is 12.3. The van der Waals surface area contributed by atoms with E-state index in [1.807, 2.05) is 0 Å². The highest BCUT2D eigenvalue weighted by Crippen LogP contribution is 2.45. The third-order valence-corrected chi connectivity index (χ3v) is 10.8. The Bertz CT molecular complexity index is 684. The Balaban J connectivity index is 1.09. The Labute approximate surface area is 223 Å². The summed E-state index contributed by atoms with van der Waals surface area (Å²) in [5, 5.41) is 0. The molecular formula is C35H57F. The van der Waals surface area contributed by atoms with Crippen LogP contribution in [0.5, 0.6) is 0 Å². The Hall–Kier alpha value is -0.850. The third-order valence-electron chi connectivity index (χ3n) is 10.8. The van der Waals surface area contributed by atoms with Crippen LogP contribution in [0.15, 0.2) is 24.3 Å². The van der Waals surface area contributed by atoms with E-state index in [1.54, 1.807) is 5.56 Å². The molecule has 0 nitrogen and oxygen atoms in total. The van der Waals surface area contributed by atoms with E-state index in [0.29, 0.717) is 0 Å². The Morgan fingerprint density at radius 3 is 1.67 bits per heavy atom. The van der Waals surface area contributed by atoms with Crippen LogP contribution in [-0.4, -0.2) is 6.67 Å². The Kier molecular flexibility index (Phi) is 12.2. The number of hydrogen-bond donors (Lipinski definition) is 0. The molecule has 0 radical (unpaired) electrons. The van der Waals surface area contributed by atoms with Crippen molar-refractivity contribution in [2.45, 2.75) is 148 Å². The summed E-state index contributed by atoms with van der Waals surface area (Å²) in [6.45, 7) is 2.18. The van der Waals surface area contributed by atoms with E-state index in [-0.39, 0.29) is 6.67 Å². The smallest absolute Gasteiger partial charge is 0.0894 e. The van der Waals surface area contributed by atoms with Crippen molar-refractivity contribution >= 4 is 0 Å². The molecule has 0 atom stereocenters. The van der Waals surface area contributed by atoms with Gasteiger partial charge in [0.1, 0.15) is 0 Å². The van der Waals surface area contributed by atoms with Gasteiger partial charge in [-0.15, -0.1) is 0 Å². The van der Waals surface area contributed by atoms with Crippen molar-refractivity contribution in [3.63, 3.8) is 0 Å². The van der Waals surface area contributed by atoms with E-state index in [1.165, 1.54) is 115 Å². The molecule has 0 saturated heterocycles. The van der Waals surface area contributed by atoms with Gasteiger partial charge in [0, 0.05) is 0 Å². The number of unbranched alkanes of at least 4 members (excludes halogenated alkanes) is 3. The molecule has 0 aromatic heterocycles. The van der Waals surface area contributed by atoms with Crippen LogP contribution in [0.1, 0.15) is 152 Å². The van der Waals surface area contributed by atoms with E-state index >= 15 is 0 Å². The first-order valence-electron chi connectivity index (χ1n) is 16.4. The molecule has 3 aliphatic carbocycles. The Morgan fingerprint density at radius 2 is 1.11 bits per heavy atom. The van der Waals surface area contributed by atoms with E-state index < -0.39 is 0 Å². The van der Waals surface area contributed by atoms with Gasteiger partial charge in [-0.05, 0) is 104 Å². The average molecular weight is 497 g/mol. The Morgan fingerprint density at radius 1 is 0.583 bits per heavy atom. The van der Waals surface area contributed by atoms with Crippen molar-refractivity contribution in [3.8, 4) is 0 Å². The molecule has 1 heteroatoms. The highest BCUT2D eigenvalue weighted by atomic mass is 19.1. The second-order valence-corrected chi connectivity index (χ2v) is 13.2. The van der Waals surface area contributed by atoms with Crippen molar-refractivity contribution < 1.29 is 4.39 Å². The van der Waals surface area contributed by atoms with Gasteiger partial charge in [-0.25, -0.2) is 0 Å². The minimum Gasteiger partial charge on any atom is -0.251 e. The van der Waals surface area contributed by atoms with Crippen LogP contribution in [0.2, 0.25) is 0 Å². The molecule has 0 amide bonds. The van der Waals surface area contributed by atoms with Crippen LogP contribution >= 0.6 is 0 Å². The summed E-state index contributed by atoms with van der Waals surface area (Å²) in [5.74, 6) is 6.00. The summed E-state index contributed by atoms with van der Waals surface area (Å²) < 4.78 is 12.3. The van der Waals surface area contributed by atoms with E-state index in [4.69, 9.17) is 0 Å². The monoisotopic (exact) mass is 496 g/mol. The molecule has 3 fully saturated rings. The van der Waals surface area contributed by atoms with E-state index in [0.717, 1.165) is 61.2 Å². The zero-order valence-corrected chi connectivity index (χ0v) is 23.7. The summed E-state index contributed by atoms with van der Waals surface area (Å²) in [4.78, 5) is 0. The molecule has 0 heterocycles. The van der Waals surface area contributed by atoms with Gasteiger partial charge in [0.25, 0.3) is 0 Å². The summed E-state index contributed by atoms with van der Waals surface area (Å²) in [6, 6.07) is 9.49. The van der Waals surface area contributed by atoms with Crippen molar-refractivity contribution in [1.29, 1.82) is 0 Å². The fourth-order valence-electron chi connectivity index (χ4n) is 8.20. The first-order valence-corrected chi connectivity index (χ1v) is 16.4. The lowest BCUT2D eigenvalue weighted by molar-refractivity contribution is 0.149. The van der Waals surface area contributed by atoms with Gasteiger partial charge in [0.15, 0.2) is 0 Å². The minimum atomic E-state index is -0.164. The minimum absolute atomic E-state index is 0.164. The molecule has 0 unspecified atom stereocenters. The molecule has 36 heavy (non-hydrogen) atoms. The van der Waals surface area contributed by atoms with Gasteiger partial charge in [0.2, 0.25) is 0 Å². The molecule has 204 valence electrons. The molecule has 3 aliphatic rings. The lowest BCUT2D eigenvalue weighted by atomic mass is 9.67. The molecule has 0 spiro atoms. The first-order chi connectivity index (χ1) is 17.7. The third kappa shape index (κ3) is 8.87. The highest BCUT2D eigenvalue weighted by Gasteiger charge is 2.31. The standard InChI is InChI=1S/C35H57F/c1-2-3-7-28-9-11-30(12-10-28)13-14-31-17-21-33(22-18-31)35-25-23-34(24-26-35)32-19-15-29(16-20-32)8-5-4-6-27-36/h15-16,19-20,28,30-31,33-35H,2-14,17-18,21-27H2,1H3/t28-,30-,31-,33-,34-,35-. The van der Waals surface area contributed by atoms with Gasteiger partial charge >= 0.3 is 0 Å². The quantitative estimate of drug-likeness (QED) is 0.238. The molecule has 3 saturated carbocycles. The molecule has 4 rings (SSSR count). The van der Waals surface area contributed by atoms with Crippen LogP contribution in [0.4, 0.5) is 4.39 Å². The topological polar surface area (TPSA) is 0 Å². The molecule has 0 bridgehead atoms. The number of alkyl halides is 1. The fourth-order valence-corrected chi connectivity index (χ4v) is 8.20. The summed E-state index contributed by atoms with van der Waals surface area (Å²) in [6.07, 6.45) is 29.4. The lowest BCUT2D eigenvalue weighted by Crippen LogP contribution is -2.25.